The molecule has 1 saturated heterocycles. The third-order valence-electron chi connectivity index (χ3n) is 3.18. The van der Waals surface area contributed by atoms with Gasteiger partial charge >= 0.3 is 0 Å². The maximum atomic E-state index is 12.4. The zero-order chi connectivity index (χ0) is 13.3. The van der Waals surface area contributed by atoms with Crippen LogP contribution in [0.3, 0.4) is 0 Å². The largest absolute Gasteiger partial charge is 0.507 e. The summed E-state index contributed by atoms with van der Waals surface area (Å²) < 4.78 is 5.58. The Labute approximate surface area is 107 Å². The van der Waals surface area contributed by atoms with Crippen LogP contribution in [-0.2, 0) is 4.74 Å². The third kappa shape index (κ3) is 2.48. The monoisotopic (exact) mass is 249 g/mol. The van der Waals surface area contributed by atoms with Crippen LogP contribution in [0, 0.1) is 6.92 Å². The maximum absolute atomic E-state index is 12.4. The van der Waals surface area contributed by atoms with E-state index in [1.165, 1.54) is 0 Å². The molecule has 4 heteroatoms. The molecule has 1 aromatic rings. The van der Waals surface area contributed by atoms with E-state index in [2.05, 4.69) is 0 Å². The number of aryl methyl sites for hydroxylation is 1. The Bertz CT molecular complexity index is 468. The molecule has 1 amide bonds. The molecule has 0 bridgehead atoms. The summed E-state index contributed by atoms with van der Waals surface area (Å²) in [6.45, 7) is 7.35. The van der Waals surface area contributed by atoms with Gasteiger partial charge in [0.25, 0.3) is 5.91 Å². The number of rotatable bonds is 1. The molecular weight excluding hydrogens is 230 g/mol. The van der Waals surface area contributed by atoms with E-state index in [-0.39, 0.29) is 17.3 Å². The Kier molecular flexibility index (Phi) is 3.30. The molecule has 2 rings (SSSR count). The molecule has 1 aliphatic rings. The Morgan fingerprint density at radius 2 is 2.17 bits per heavy atom. The summed E-state index contributed by atoms with van der Waals surface area (Å²) in [4.78, 5) is 14.1. The fourth-order valence-electron chi connectivity index (χ4n) is 2.19. The smallest absolute Gasteiger partial charge is 0.257 e. The number of phenolic OH excluding ortho intramolecular Hbond substituents is 1. The highest BCUT2D eigenvalue weighted by atomic mass is 16.5. The Morgan fingerprint density at radius 1 is 1.44 bits per heavy atom. The topological polar surface area (TPSA) is 49.8 Å². The number of benzene rings is 1. The van der Waals surface area contributed by atoms with Gasteiger partial charge in [-0.1, -0.05) is 12.1 Å². The van der Waals surface area contributed by atoms with Gasteiger partial charge in [0.15, 0.2) is 0 Å². The average molecular weight is 249 g/mol. The van der Waals surface area contributed by atoms with E-state index >= 15 is 0 Å². The second-order valence-electron chi connectivity index (χ2n) is 5.31. The van der Waals surface area contributed by atoms with E-state index in [1.54, 1.807) is 30.0 Å². The lowest BCUT2D eigenvalue weighted by Crippen LogP contribution is -2.50. The van der Waals surface area contributed by atoms with Gasteiger partial charge in [-0.15, -0.1) is 0 Å². The number of phenols is 1. The zero-order valence-electron chi connectivity index (χ0n) is 11.1. The van der Waals surface area contributed by atoms with Crippen molar-refractivity contribution in [3.8, 4) is 5.75 Å². The van der Waals surface area contributed by atoms with Crippen molar-refractivity contribution in [2.45, 2.75) is 26.4 Å². The van der Waals surface area contributed by atoms with E-state index in [1.807, 2.05) is 13.8 Å². The molecule has 0 saturated carbocycles. The van der Waals surface area contributed by atoms with Crippen LogP contribution in [0.25, 0.3) is 0 Å². The Hall–Kier alpha value is -1.55. The first-order chi connectivity index (χ1) is 8.41. The molecule has 0 radical (unpaired) electrons. The Balaban J connectivity index is 2.23. The van der Waals surface area contributed by atoms with Gasteiger partial charge in [0.1, 0.15) is 5.75 Å². The fraction of sp³-hybridized carbons (Fsp3) is 0.500. The second kappa shape index (κ2) is 4.61. The first-order valence-electron chi connectivity index (χ1n) is 6.12. The van der Waals surface area contributed by atoms with E-state index in [0.717, 1.165) is 0 Å². The average Bonchev–Trinajstić information content (AvgIpc) is 2.30. The molecule has 0 unspecified atom stereocenters. The van der Waals surface area contributed by atoms with Crippen molar-refractivity contribution < 1.29 is 14.6 Å². The standard InChI is InChI=1S/C14H19NO3/c1-10-5-4-6-11(12(10)16)13(17)15-7-8-18-14(2,3)9-15/h4-6,16H,7-9H2,1-3H3. The summed E-state index contributed by atoms with van der Waals surface area (Å²) in [6, 6.07) is 5.23. The van der Waals surface area contributed by atoms with Gasteiger partial charge < -0.3 is 14.7 Å². The van der Waals surface area contributed by atoms with Gasteiger partial charge in [-0.05, 0) is 32.4 Å². The molecule has 1 fully saturated rings. The minimum atomic E-state index is -0.326. The summed E-state index contributed by atoms with van der Waals surface area (Å²) in [5, 5.41) is 9.95. The molecule has 0 atom stereocenters. The normalized spacial score (nSPS) is 18.7. The van der Waals surface area contributed by atoms with E-state index in [4.69, 9.17) is 4.74 Å². The van der Waals surface area contributed by atoms with E-state index in [0.29, 0.717) is 30.8 Å². The molecule has 1 N–H and O–H groups in total. The van der Waals surface area contributed by atoms with Gasteiger partial charge in [-0.2, -0.15) is 0 Å². The third-order valence-corrected chi connectivity index (χ3v) is 3.18. The second-order valence-corrected chi connectivity index (χ2v) is 5.31. The molecule has 1 aliphatic heterocycles. The van der Waals surface area contributed by atoms with Crippen molar-refractivity contribution in [3.05, 3.63) is 29.3 Å². The van der Waals surface area contributed by atoms with Crippen molar-refractivity contribution in [3.63, 3.8) is 0 Å². The summed E-state index contributed by atoms with van der Waals surface area (Å²) in [6.07, 6.45) is 0. The van der Waals surface area contributed by atoms with Crippen LogP contribution in [0.2, 0.25) is 0 Å². The molecular formula is C14H19NO3. The number of ether oxygens (including phenoxy) is 1. The molecule has 98 valence electrons. The van der Waals surface area contributed by atoms with Gasteiger partial charge in [-0.3, -0.25) is 4.79 Å². The lowest BCUT2D eigenvalue weighted by Gasteiger charge is -2.38. The first kappa shape index (κ1) is 12.9. The summed E-state index contributed by atoms with van der Waals surface area (Å²) >= 11 is 0. The number of hydrogen-bond acceptors (Lipinski definition) is 3. The predicted molar refractivity (Wildman–Crippen MR) is 68.8 cm³/mol. The van der Waals surface area contributed by atoms with Crippen LogP contribution in [0.1, 0.15) is 29.8 Å². The molecule has 0 aromatic heterocycles. The van der Waals surface area contributed by atoms with Gasteiger partial charge in [0.05, 0.1) is 17.8 Å². The minimum absolute atomic E-state index is 0.0757. The van der Waals surface area contributed by atoms with E-state index in [9.17, 15) is 9.90 Å². The predicted octanol–water partition coefficient (Wildman–Crippen LogP) is 1.95. The minimum Gasteiger partial charge on any atom is -0.507 e. The molecule has 1 aromatic carbocycles. The molecule has 18 heavy (non-hydrogen) atoms. The van der Waals surface area contributed by atoms with Crippen LogP contribution in [0.4, 0.5) is 0 Å². The lowest BCUT2D eigenvalue weighted by molar-refractivity contribution is -0.0764. The fourth-order valence-corrected chi connectivity index (χ4v) is 2.19. The quantitative estimate of drug-likeness (QED) is 0.827. The highest BCUT2D eigenvalue weighted by molar-refractivity contribution is 5.97. The van der Waals surface area contributed by atoms with Crippen molar-refractivity contribution in [1.29, 1.82) is 0 Å². The number of para-hydroxylation sites is 1. The highest BCUT2D eigenvalue weighted by Gasteiger charge is 2.31. The maximum Gasteiger partial charge on any atom is 0.257 e. The molecule has 4 nitrogen and oxygen atoms in total. The highest BCUT2D eigenvalue weighted by Crippen LogP contribution is 2.25. The van der Waals surface area contributed by atoms with Crippen molar-refractivity contribution in [2.75, 3.05) is 19.7 Å². The van der Waals surface area contributed by atoms with Gasteiger partial charge in [0.2, 0.25) is 0 Å². The molecule has 0 spiro atoms. The number of carbonyl (C=O) groups is 1. The Morgan fingerprint density at radius 3 is 2.83 bits per heavy atom. The number of carbonyl (C=O) groups excluding carboxylic acids is 1. The molecule has 1 heterocycles. The van der Waals surface area contributed by atoms with Crippen LogP contribution in [-0.4, -0.2) is 41.2 Å². The number of aromatic hydroxyl groups is 1. The number of hydrogen-bond donors (Lipinski definition) is 1. The number of morpholine rings is 1. The van der Waals surface area contributed by atoms with E-state index < -0.39 is 0 Å². The van der Waals surface area contributed by atoms with Crippen LogP contribution >= 0.6 is 0 Å². The number of amides is 1. The summed E-state index contributed by atoms with van der Waals surface area (Å²) in [7, 11) is 0. The zero-order valence-corrected chi connectivity index (χ0v) is 11.1. The number of nitrogens with zero attached hydrogens (tertiary/aromatic N) is 1. The summed E-state index contributed by atoms with van der Waals surface area (Å²) in [5.74, 6) is -0.0561. The van der Waals surface area contributed by atoms with Crippen LogP contribution in [0.15, 0.2) is 18.2 Å². The molecule has 0 aliphatic carbocycles. The van der Waals surface area contributed by atoms with Crippen molar-refractivity contribution in [1.82, 2.24) is 4.90 Å². The van der Waals surface area contributed by atoms with Crippen molar-refractivity contribution in [2.24, 2.45) is 0 Å². The van der Waals surface area contributed by atoms with Gasteiger partial charge in [-0.25, -0.2) is 0 Å². The van der Waals surface area contributed by atoms with Gasteiger partial charge in [0, 0.05) is 13.1 Å². The van der Waals surface area contributed by atoms with Crippen LogP contribution < -0.4 is 0 Å². The van der Waals surface area contributed by atoms with Crippen LogP contribution in [0.5, 0.6) is 5.75 Å². The SMILES string of the molecule is Cc1cccc(C(=O)N2CCOC(C)(C)C2)c1O. The summed E-state index contributed by atoms with van der Waals surface area (Å²) in [5.41, 5.74) is 0.758. The lowest BCUT2D eigenvalue weighted by atomic mass is 10.0. The van der Waals surface area contributed by atoms with Crippen molar-refractivity contribution >= 4 is 5.91 Å². The first-order valence-corrected chi connectivity index (χ1v) is 6.12.